The Morgan fingerprint density at radius 2 is 2.00 bits per heavy atom. The van der Waals surface area contributed by atoms with Gasteiger partial charge in [-0.3, -0.25) is 0 Å². The van der Waals surface area contributed by atoms with Crippen molar-refractivity contribution in [1.29, 1.82) is 0 Å². The lowest BCUT2D eigenvalue weighted by atomic mass is 9.93. The predicted octanol–water partition coefficient (Wildman–Crippen LogP) is 1.71. The van der Waals surface area contributed by atoms with E-state index in [-0.39, 0.29) is 12.4 Å². The van der Waals surface area contributed by atoms with E-state index in [2.05, 4.69) is 0 Å². The summed E-state index contributed by atoms with van der Waals surface area (Å²) in [4.78, 5) is 0. The quantitative estimate of drug-likeness (QED) is 0.701. The molecule has 2 atom stereocenters. The summed E-state index contributed by atoms with van der Waals surface area (Å²) >= 11 is 0. The van der Waals surface area contributed by atoms with Crippen molar-refractivity contribution in [3.63, 3.8) is 0 Å². The van der Waals surface area contributed by atoms with Crippen LogP contribution in [0.5, 0.6) is 0 Å². The molecular weight excluding hydrogens is 162 g/mol. The van der Waals surface area contributed by atoms with Crippen LogP contribution in [0.1, 0.15) is 32.6 Å². The molecule has 0 aromatic carbocycles. The van der Waals surface area contributed by atoms with Gasteiger partial charge >= 0.3 is 0 Å². The molecule has 2 nitrogen and oxygen atoms in total. The molecule has 3 heteroatoms. The molecule has 1 rings (SSSR count). The Balaban J connectivity index is 0.000001000. The third kappa shape index (κ3) is 3.41. The number of nitrogens with two attached hydrogens (primary N) is 1. The van der Waals surface area contributed by atoms with Crippen molar-refractivity contribution in [2.75, 3.05) is 6.61 Å². The van der Waals surface area contributed by atoms with E-state index in [0.717, 1.165) is 19.4 Å². The minimum atomic E-state index is 0. The Bertz CT molecular complexity index is 98.1. The molecule has 0 heterocycles. The van der Waals surface area contributed by atoms with Gasteiger partial charge in [0, 0.05) is 12.6 Å². The number of hydrogen-bond acceptors (Lipinski definition) is 2. The van der Waals surface area contributed by atoms with Gasteiger partial charge in [-0.2, -0.15) is 0 Å². The van der Waals surface area contributed by atoms with Crippen LogP contribution in [0, 0.1) is 0 Å². The van der Waals surface area contributed by atoms with Gasteiger partial charge in [0.2, 0.25) is 0 Å². The summed E-state index contributed by atoms with van der Waals surface area (Å²) in [5.74, 6) is 0. The molecule has 0 saturated heterocycles. The highest BCUT2D eigenvalue weighted by molar-refractivity contribution is 5.85. The van der Waals surface area contributed by atoms with Crippen molar-refractivity contribution >= 4 is 12.4 Å². The molecule has 11 heavy (non-hydrogen) atoms. The second-order valence-corrected chi connectivity index (χ2v) is 2.94. The van der Waals surface area contributed by atoms with Crippen LogP contribution in [0.2, 0.25) is 0 Å². The molecule has 0 aromatic rings. The molecule has 1 aliphatic rings. The van der Waals surface area contributed by atoms with Crippen LogP contribution in [0.15, 0.2) is 0 Å². The Morgan fingerprint density at radius 3 is 2.55 bits per heavy atom. The van der Waals surface area contributed by atoms with E-state index in [1.807, 2.05) is 6.92 Å². The van der Waals surface area contributed by atoms with Crippen LogP contribution in [0.3, 0.4) is 0 Å². The van der Waals surface area contributed by atoms with Crippen molar-refractivity contribution in [3.05, 3.63) is 0 Å². The lowest BCUT2D eigenvalue weighted by Crippen LogP contribution is -2.39. The van der Waals surface area contributed by atoms with Crippen molar-refractivity contribution in [3.8, 4) is 0 Å². The molecule has 0 amide bonds. The maximum absolute atomic E-state index is 5.84. The summed E-state index contributed by atoms with van der Waals surface area (Å²) in [5.41, 5.74) is 5.84. The van der Waals surface area contributed by atoms with Crippen molar-refractivity contribution < 1.29 is 4.74 Å². The van der Waals surface area contributed by atoms with E-state index in [9.17, 15) is 0 Å². The zero-order valence-electron chi connectivity index (χ0n) is 7.08. The van der Waals surface area contributed by atoms with Crippen LogP contribution in [0.4, 0.5) is 0 Å². The average molecular weight is 180 g/mol. The number of ether oxygens (including phenoxy) is 1. The first-order valence-electron chi connectivity index (χ1n) is 4.21. The molecule has 1 aliphatic carbocycles. The SMILES string of the molecule is CCO[C@H]1CCCC[C@H]1N.Cl. The van der Waals surface area contributed by atoms with E-state index < -0.39 is 0 Å². The van der Waals surface area contributed by atoms with Gasteiger partial charge in [-0.25, -0.2) is 0 Å². The van der Waals surface area contributed by atoms with Gasteiger partial charge in [0.1, 0.15) is 0 Å². The molecule has 0 unspecified atom stereocenters. The van der Waals surface area contributed by atoms with Crippen LogP contribution in [-0.2, 0) is 4.74 Å². The second kappa shape index (κ2) is 5.81. The summed E-state index contributed by atoms with van der Waals surface area (Å²) in [5, 5.41) is 0. The van der Waals surface area contributed by atoms with E-state index >= 15 is 0 Å². The van der Waals surface area contributed by atoms with Crippen LogP contribution in [0.25, 0.3) is 0 Å². The Kier molecular flexibility index (Phi) is 5.92. The van der Waals surface area contributed by atoms with Crippen LogP contribution >= 0.6 is 12.4 Å². The highest BCUT2D eigenvalue weighted by Crippen LogP contribution is 2.19. The Hall–Kier alpha value is 0.210. The van der Waals surface area contributed by atoms with Gasteiger partial charge < -0.3 is 10.5 Å². The summed E-state index contributed by atoms with van der Waals surface area (Å²) in [6.07, 6.45) is 5.22. The normalized spacial score (nSPS) is 31.1. The smallest absolute Gasteiger partial charge is 0.0725 e. The summed E-state index contributed by atoms with van der Waals surface area (Å²) < 4.78 is 5.47. The molecule has 0 spiro atoms. The fourth-order valence-electron chi connectivity index (χ4n) is 1.55. The molecular formula is C8H18ClNO. The molecule has 1 fully saturated rings. The van der Waals surface area contributed by atoms with Gasteiger partial charge in [-0.05, 0) is 19.8 Å². The topological polar surface area (TPSA) is 35.2 Å². The lowest BCUT2D eigenvalue weighted by molar-refractivity contribution is 0.0228. The zero-order valence-corrected chi connectivity index (χ0v) is 7.90. The van der Waals surface area contributed by atoms with Crippen LogP contribution < -0.4 is 5.73 Å². The Morgan fingerprint density at radius 1 is 1.36 bits per heavy atom. The third-order valence-corrected chi connectivity index (χ3v) is 2.13. The molecule has 0 aromatic heterocycles. The molecule has 0 bridgehead atoms. The summed E-state index contributed by atoms with van der Waals surface area (Å²) in [7, 11) is 0. The highest BCUT2D eigenvalue weighted by atomic mass is 35.5. The van der Waals surface area contributed by atoms with E-state index in [4.69, 9.17) is 10.5 Å². The van der Waals surface area contributed by atoms with E-state index in [1.54, 1.807) is 0 Å². The number of halogens is 1. The van der Waals surface area contributed by atoms with Crippen molar-refractivity contribution in [2.24, 2.45) is 5.73 Å². The largest absolute Gasteiger partial charge is 0.377 e. The zero-order chi connectivity index (χ0) is 7.40. The molecule has 1 saturated carbocycles. The van der Waals surface area contributed by atoms with Crippen molar-refractivity contribution in [2.45, 2.75) is 44.8 Å². The third-order valence-electron chi connectivity index (χ3n) is 2.13. The number of hydrogen-bond donors (Lipinski definition) is 1. The maximum atomic E-state index is 5.84. The average Bonchev–Trinajstić information content (AvgIpc) is 1.94. The van der Waals surface area contributed by atoms with E-state index in [0.29, 0.717) is 12.1 Å². The fourth-order valence-corrected chi connectivity index (χ4v) is 1.55. The number of rotatable bonds is 2. The van der Waals surface area contributed by atoms with Gasteiger partial charge in [-0.1, -0.05) is 12.8 Å². The second-order valence-electron chi connectivity index (χ2n) is 2.94. The first-order valence-corrected chi connectivity index (χ1v) is 4.21. The Labute approximate surface area is 74.9 Å². The summed E-state index contributed by atoms with van der Waals surface area (Å²) in [6, 6.07) is 0.300. The molecule has 0 aliphatic heterocycles. The predicted molar refractivity (Wildman–Crippen MR) is 49.1 cm³/mol. The first-order chi connectivity index (χ1) is 4.84. The fraction of sp³-hybridized carbons (Fsp3) is 1.00. The van der Waals surface area contributed by atoms with Gasteiger partial charge in [0.15, 0.2) is 0 Å². The van der Waals surface area contributed by atoms with Gasteiger partial charge in [-0.15, -0.1) is 12.4 Å². The van der Waals surface area contributed by atoms with Gasteiger partial charge in [0.05, 0.1) is 6.10 Å². The summed E-state index contributed by atoms with van der Waals surface area (Å²) in [6.45, 7) is 2.83. The van der Waals surface area contributed by atoms with Crippen LogP contribution in [-0.4, -0.2) is 18.8 Å². The van der Waals surface area contributed by atoms with E-state index in [1.165, 1.54) is 12.8 Å². The minimum Gasteiger partial charge on any atom is -0.377 e. The van der Waals surface area contributed by atoms with Crippen molar-refractivity contribution in [1.82, 2.24) is 0 Å². The molecule has 0 radical (unpaired) electrons. The van der Waals surface area contributed by atoms with Gasteiger partial charge in [0.25, 0.3) is 0 Å². The monoisotopic (exact) mass is 179 g/mol. The molecule has 68 valence electrons. The molecule has 2 N–H and O–H groups in total. The minimum absolute atomic E-state index is 0. The first kappa shape index (κ1) is 11.2. The lowest BCUT2D eigenvalue weighted by Gasteiger charge is -2.27. The maximum Gasteiger partial charge on any atom is 0.0725 e. The standard InChI is InChI=1S/C8H17NO.ClH/c1-2-10-8-6-4-3-5-7(8)9;/h7-8H,2-6,9H2,1H3;1H/t7-,8+;/m1./s1. The highest BCUT2D eigenvalue weighted by Gasteiger charge is 2.21.